The molecule has 4 rings (SSSR count). The summed E-state index contributed by atoms with van der Waals surface area (Å²) in [5, 5.41) is 13.0. The minimum Gasteiger partial charge on any atom is -0.480 e. The number of carbonyl (C=O) groups excluding carboxylic acids is 1. The van der Waals surface area contributed by atoms with Gasteiger partial charge in [-0.25, -0.2) is 8.42 Å². The Hall–Kier alpha value is -3.98. The van der Waals surface area contributed by atoms with Gasteiger partial charge in [0.25, 0.3) is 5.91 Å². The summed E-state index contributed by atoms with van der Waals surface area (Å²) in [4.78, 5) is 24.2. The molecule has 0 aliphatic rings. The normalized spacial score (nSPS) is 12.0. The molecule has 0 saturated heterocycles. The highest BCUT2D eigenvalue weighted by atomic mass is 35.5. The number of aliphatic carboxylic acids is 1. The molecule has 4 aromatic carbocycles. The Morgan fingerprint density at radius 1 is 0.775 bits per heavy atom. The van der Waals surface area contributed by atoms with Crippen LogP contribution in [-0.4, -0.2) is 38.0 Å². The van der Waals surface area contributed by atoms with E-state index in [9.17, 15) is 23.1 Å². The third-order valence-electron chi connectivity index (χ3n) is 6.36. The van der Waals surface area contributed by atoms with Crippen molar-refractivity contribution in [3.63, 3.8) is 0 Å². The second-order valence-electron chi connectivity index (χ2n) is 9.30. The number of rotatable bonds is 12. The van der Waals surface area contributed by atoms with Gasteiger partial charge < -0.3 is 10.4 Å². The molecule has 0 aliphatic heterocycles. The smallest absolute Gasteiger partial charge is 0.321 e. The van der Waals surface area contributed by atoms with Crippen molar-refractivity contribution < 1.29 is 23.1 Å². The van der Waals surface area contributed by atoms with Crippen molar-refractivity contribution in [2.75, 3.05) is 6.54 Å². The Labute approximate surface area is 238 Å². The van der Waals surface area contributed by atoms with Crippen LogP contribution in [0, 0.1) is 0 Å². The molecular formula is C31H29ClN2O5S. The molecule has 0 aliphatic carbocycles. The first kappa shape index (κ1) is 29.0. The van der Waals surface area contributed by atoms with Gasteiger partial charge in [0, 0.05) is 17.1 Å². The Morgan fingerprint density at radius 3 is 1.95 bits per heavy atom. The van der Waals surface area contributed by atoms with Gasteiger partial charge in [0.05, 0.1) is 4.90 Å². The quantitative estimate of drug-likeness (QED) is 0.192. The molecule has 0 aromatic heterocycles. The Bertz CT molecular complexity index is 1540. The highest BCUT2D eigenvalue weighted by molar-refractivity contribution is 7.89. The fraction of sp³-hybridized carbons (Fsp3) is 0.161. The average molecular weight is 577 g/mol. The SMILES string of the molecule is O=C(NCCCC(NS(=O)(=O)c1ccc(-c2ccc(Cl)cc2)cc1)C(=O)O)c1ccc(Cc2ccccc2)cc1. The lowest BCUT2D eigenvalue weighted by Gasteiger charge is -2.15. The fourth-order valence-corrected chi connectivity index (χ4v) is 5.52. The zero-order valence-electron chi connectivity index (χ0n) is 21.6. The number of hydrogen-bond donors (Lipinski definition) is 3. The molecule has 40 heavy (non-hydrogen) atoms. The number of carboxylic acid groups (broad SMARTS) is 1. The van der Waals surface area contributed by atoms with Crippen molar-refractivity contribution in [2.24, 2.45) is 0 Å². The monoisotopic (exact) mass is 576 g/mol. The highest BCUT2D eigenvalue weighted by Gasteiger charge is 2.25. The molecule has 1 atom stereocenters. The van der Waals surface area contributed by atoms with Gasteiger partial charge >= 0.3 is 5.97 Å². The van der Waals surface area contributed by atoms with Gasteiger partial charge in [-0.3, -0.25) is 9.59 Å². The number of halogens is 1. The van der Waals surface area contributed by atoms with E-state index in [0.717, 1.165) is 23.1 Å². The van der Waals surface area contributed by atoms with E-state index < -0.39 is 22.0 Å². The summed E-state index contributed by atoms with van der Waals surface area (Å²) in [7, 11) is -4.07. The van der Waals surface area contributed by atoms with Crippen molar-refractivity contribution in [1.82, 2.24) is 10.0 Å². The number of nitrogens with one attached hydrogen (secondary N) is 2. The van der Waals surface area contributed by atoms with Gasteiger partial charge in [0.1, 0.15) is 6.04 Å². The molecule has 0 saturated carbocycles. The van der Waals surface area contributed by atoms with Crippen LogP contribution in [0.2, 0.25) is 5.02 Å². The number of amides is 1. The lowest BCUT2D eigenvalue weighted by Crippen LogP contribution is -2.41. The minimum atomic E-state index is -4.07. The first-order valence-electron chi connectivity index (χ1n) is 12.7. The minimum absolute atomic E-state index is 0.00765. The van der Waals surface area contributed by atoms with Crippen LogP contribution in [0.4, 0.5) is 0 Å². The van der Waals surface area contributed by atoms with Crippen LogP contribution in [0.5, 0.6) is 0 Å². The Balaban J connectivity index is 1.27. The molecule has 7 nitrogen and oxygen atoms in total. The van der Waals surface area contributed by atoms with Gasteiger partial charge in [0.15, 0.2) is 0 Å². The van der Waals surface area contributed by atoms with Gasteiger partial charge in [-0.1, -0.05) is 78.3 Å². The van der Waals surface area contributed by atoms with E-state index in [-0.39, 0.29) is 30.2 Å². The predicted octanol–water partition coefficient (Wildman–Crippen LogP) is 5.54. The Morgan fingerprint density at radius 2 is 1.35 bits per heavy atom. The maximum absolute atomic E-state index is 12.8. The molecule has 9 heteroatoms. The number of carboxylic acids is 1. The number of sulfonamides is 1. The molecule has 0 bridgehead atoms. The second kappa shape index (κ2) is 13.4. The zero-order valence-corrected chi connectivity index (χ0v) is 23.2. The summed E-state index contributed by atoms with van der Waals surface area (Å²) < 4.78 is 28.0. The summed E-state index contributed by atoms with van der Waals surface area (Å²) >= 11 is 5.92. The molecule has 3 N–H and O–H groups in total. The molecular weight excluding hydrogens is 548 g/mol. The van der Waals surface area contributed by atoms with Crippen LogP contribution >= 0.6 is 11.6 Å². The van der Waals surface area contributed by atoms with Crippen molar-refractivity contribution in [3.05, 3.63) is 125 Å². The Kier molecular flexibility index (Phi) is 9.71. The lowest BCUT2D eigenvalue weighted by molar-refractivity contribution is -0.139. The standard InChI is InChI=1S/C31H29ClN2O5S/c32-27-16-12-24(13-17-27)25-14-18-28(19-15-25)40(38,39)34-29(31(36)37)7-4-20-33-30(35)26-10-8-23(9-11-26)21-22-5-2-1-3-6-22/h1-3,5-6,8-19,29,34H,4,7,20-21H2,(H,33,35)(H,36,37). The predicted molar refractivity (Wildman–Crippen MR) is 156 cm³/mol. The summed E-state index contributed by atoms with van der Waals surface area (Å²) in [6, 6.07) is 29.3. The van der Waals surface area contributed by atoms with Crippen LogP contribution in [-0.2, 0) is 21.2 Å². The topological polar surface area (TPSA) is 113 Å². The number of carbonyl (C=O) groups is 2. The molecule has 0 heterocycles. The van der Waals surface area contributed by atoms with E-state index in [4.69, 9.17) is 11.6 Å². The zero-order chi connectivity index (χ0) is 28.5. The largest absolute Gasteiger partial charge is 0.480 e. The summed E-state index contributed by atoms with van der Waals surface area (Å²) in [6.07, 6.45) is 1.04. The third kappa shape index (κ3) is 8.02. The molecule has 0 spiro atoms. The molecule has 4 aromatic rings. The molecule has 1 unspecified atom stereocenters. The second-order valence-corrected chi connectivity index (χ2v) is 11.5. The summed E-state index contributed by atoms with van der Waals surface area (Å²) in [6.45, 7) is 0.200. The molecule has 0 radical (unpaired) electrons. The third-order valence-corrected chi connectivity index (χ3v) is 8.10. The van der Waals surface area contributed by atoms with Gasteiger partial charge in [-0.2, -0.15) is 4.72 Å². The maximum Gasteiger partial charge on any atom is 0.321 e. The maximum atomic E-state index is 12.8. The van der Waals surface area contributed by atoms with Crippen molar-refractivity contribution >= 4 is 33.5 Å². The van der Waals surface area contributed by atoms with E-state index in [1.165, 1.54) is 17.7 Å². The van der Waals surface area contributed by atoms with E-state index in [1.54, 1.807) is 36.4 Å². The van der Waals surface area contributed by atoms with Crippen molar-refractivity contribution in [3.8, 4) is 11.1 Å². The van der Waals surface area contributed by atoms with Gasteiger partial charge in [-0.05, 0) is 77.9 Å². The molecule has 1 amide bonds. The van der Waals surface area contributed by atoms with Crippen molar-refractivity contribution in [2.45, 2.75) is 30.2 Å². The van der Waals surface area contributed by atoms with Gasteiger partial charge in [-0.15, -0.1) is 0 Å². The molecule has 0 fully saturated rings. The first-order valence-corrected chi connectivity index (χ1v) is 14.6. The fourth-order valence-electron chi connectivity index (χ4n) is 4.17. The summed E-state index contributed by atoms with van der Waals surface area (Å²) in [5.41, 5.74) is 4.42. The van der Waals surface area contributed by atoms with Crippen LogP contribution in [0.3, 0.4) is 0 Å². The number of benzene rings is 4. The summed E-state index contributed by atoms with van der Waals surface area (Å²) in [5.74, 6) is -1.57. The van der Waals surface area contributed by atoms with Crippen molar-refractivity contribution in [1.29, 1.82) is 0 Å². The van der Waals surface area contributed by atoms with Gasteiger partial charge in [0.2, 0.25) is 10.0 Å². The average Bonchev–Trinajstić information content (AvgIpc) is 2.96. The van der Waals surface area contributed by atoms with Crippen LogP contribution in [0.25, 0.3) is 11.1 Å². The lowest BCUT2D eigenvalue weighted by atomic mass is 10.0. The van der Waals surface area contributed by atoms with Crippen LogP contribution in [0.1, 0.15) is 34.3 Å². The van der Waals surface area contributed by atoms with Crippen LogP contribution < -0.4 is 10.0 Å². The molecule has 206 valence electrons. The van der Waals surface area contributed by atoms with E-state index in [0.29, 0.717) is 10.6 Å². The van der Waals surface area contributed by atoms with E-state index >= 15 is 0 Å². The van der Waals surface area contributed by atoms with E-state index in [2.05, 4.69) is 10.0 Å². The highest BCUT2D eigenvalue weighted by Crippen LogP contribution is 2.23. The number of hydrogen-bond acceptors (Lipinski definition) is 4. The van der Waals surface area contributed by atoms with Crippen LogP contribution in [0.15, 0.2) is 108 Å². The first-order chi connectivity index (χ1) is 19.2. The van der Waals surface area contributed by atoms with E-state index in [1.807, 2.05) is 54.6 Å².